The maximum Gasteiger partial charge on any atom is 0.216 e. The fourth-order valence-corrected chi connectivity index (χ4v) is 3.12. The molecule has 1 amide bonds. The molecule has 5 nitrogen and oxygen atoms in total. The molecule has 0 radical (unpaired) electrons. The van der Waals surface area contributed by atoms with Gasteiger partial charge in [-0.05, 0) is 44.0 Å². The number of amides is 1. The number of nitrogens with zero attached hydrogens (tertiary/aromatic N) is 2. The Kier molecular flexibility index (Phi) is 6.47. The standard InChI is InChI=1S/C22H27N3O2/c1-17-10-12-19(13-11-17)27-16-6-15-25-21-8-4-3-7-20(21)24-22(25)9-5-14-23-18(2)26/h3-4,7-8,10-13H,5-6,9,14-16H2,1-2H3,(H,23,26). The monoisotopic (exact) mass is 365 g/mol. The van der Waals surface area contributed by atoms with E-state index in [1.807, 2.05) is 30.3 Å². The summed E-state index contributed by atoms with van der Waals surface area (Å²) in [6.07, 6.45) is 2.63. The molecule has 0 bridgehead atoms. The number of imidazole rings is 1. The van der Waals surface area contributed by atoms with Gasteiger partial charge in [0.1, 0.15) is 11.6 Å². The van der Waals surface area contributed by atoms with Crippen molar-refractivity contribution in [1.82, 2.24) is 14.9 Å². The lowest BCUT2D eigenvalue weighted by molar-refractivity contribution is -0.118. The first-order valence-corrected chi connectivity index (χ1v) is 9.51. The molecule has 0 aliphatic carbocycles. The molecule has 0 saturated heterocycles. The number of fused-ring (bicyclic) bond motifs is 1. The van der Waals surface area contributed by atoms with Crippen LogP contribution in [-0.2, 0) is 17.8 Å². The maximum atomic E-state index is 11.0. The lowest BCUT2D eigenvalue weighted by Crippen LogP contribution is -2.21. The first-order chi connectivity index (χ1) is 13.1. The number of hydrogen-bond acceptors (Lipinski definition) is 3. The topological polar surface area (TPSA) is 56.2 Å². The van der Waals surface area contributed by atoms with E-state index in [-0.39, 0.29) is 5.91 Å². The molecule has 0 fully saturated rings. The van der Waals surface area contributed by atoms with Gasteiger partial charge in [-0.15, -0.1) is 0 Å². The van der Waals surface area contributed by atoms with Crippen molar-refractivity contribution in [3.8, 4) is 5.75 Å². The summed E-state index contributed by atoms with van der Waals surface area (Å²) in [5.74, 6) is 1.99. The molecule has 142 valence electrons. The van der Waals surface area contributed by atoms with Crippen molar-refractivity contribution in [3.05, 3.63) is 59.9 Å². The average molecular weight is 365 g/mol. The third-order valence-electron chi connectivity index (χ3n) is 4.50. The molecular weight excluding hydrogens is 338 g/mol. The Morgan fingerprint density at radius 1 is 1.11 bits per heavy atom. The Labute approximate surface area is 160 Å². The van der Waals surface area contributed by atoms with Crippen molar-refractivity contribution in [3.63, 3.8) is 0 Å². The van der Waals surface area contributed by atoms with Crippen LogP contribution in [0.25, 0.3) is 11.0 Å². The largest absolute Gasteiger partial charge is 0.494 e. The Hall–Kier alpha value is -2.82. The summed E-state index contributed by atoms with van der Waals surface area (Å²) in [6.45, 7) is 5.82. The number of nitrogens with one attached hydrogen (secondary N) is 1. The van der Waals surface area contributed by atoms with Crippen molar-refractivity contribution in [2.75, 3.05) is 13.2 Å². The first-order valence-electron chi connectivity index (χ1n) is 9.51. The van der Waals surface area contributed by atoms with Gasteiger partial charge in [-0.1, -0.05) is 29.8 Å². The molecule has 1 aromatic heterocycles. The summed E-state index contributed by atoms with van der Waals surface area (Å²) in [5, 5.41) is 2.85. The van der Waals surface area contributed by atoms with E-state index in [1.54, 1.807) is 6.92 Å². The van der Waals surface area contributed by atoms with Crippen LogP contribution >= 0.6 is 0 Å². The zero-order chi connectivity index (χ0) is 19.1. The highest BCUT2D eigenvalue weighted by Gasteiger charge is 2.10. The van der Waals surface area contributed by atoms with E-state index in [4.69, 9.17) is 9.72 Å². The number of carbonyl (C=O) groups is 1. The van der Waals surface area contributed by atoms with Crippen LogP contribution in [0, 0.1) is 6.92 Å². The number of para-hydroxylation sites is 2. The highest BCUT2D eigenvalue weighted by molar-refractivity contribution is 5.76. The fourth-order valence-electron chi connectivity index (χ4n) is 3.12. The fraction of sp³-hybridized carbons (Fsp3) is 0.364. The number of rotatable bonds is 9. The van der Waals surface area contributed by atoms with Gasteiger partial charge in [0.05, 0.1) is 17.6 Å². The molecule has 27 heavy (non-hydrogen) atoms. The lowest BCUT2D eigenvalue weighted by atomic mass is 10.2. The number of aromatic nitrogens is 2. The summed E-state index contributed by atoms with van der Waals surface area (Å²) in [7, 11) is 0. The van der Waals surface area contributed by atoms with E-state index in [0.29, 0.717) is 13.2 Å². The summed E-state index contributed by atoms with van der Waals surface area (Å²) < 4.78 is 8.13. The quantitative estimate of drug-likeness (QED) is 0.586. The lowest BCUT2D eigenvalue weighted by Gasteiger charge is -2.11. The summed E-state index contributed by atoms with van der Waals surface area (Å²) in [6, 6.07) is 16.4. The van der Waals surface area contributed by atoms with Crippen LogP contribution in [0.3, 0.4) is 0 Å². The molecular formula is C22H27N3O2. The van der Waals surface area contributed by atoms with Gasteiger partial charge in [0, 0.05) is 26.4 Å². The van der Waals surface area contributed by atoms with Gasteiger partial charge in [0.25, 0.3) is 0 Å². The second-order valence-corrected chi connectivity index (χ2v) is 6.77. The van der Waals surface area contributed by atoms with E-state index < -0.39 is 0 Å². The molecule has 0 atom stereocenters. The van der Waals surface area contributed by atoms with Crippen molar-refractivity contribution >= 4 is 16.9 Å². The second kappa shape index (κ2) is 9.21. The molecule has 0 saturated carbocycles. The van der Waals surface area contributed by atoms with E-state index >= 15 is 0 Å². The second-order valence-electron chi connectivity index (χ2n) is 6.77. The molecule has 0 aliphatic heterocycles. The van der Waals surface area contributed by atoms with Gasteiger partial charge in [-0.25, -0.2) is 4.98 Å². The van der Waals surface area contributed by atoms with E-state index in [0.717, 1.165) is 48.4 Å². The molecule has 0 spiro atoms. The number of aryl methyl sites for hydroxylation is 3. The third kappa shape index (κ3) is 5.33. The van der Waals surface area contributed by atoms with E-state index in [2.05, 4.69) is 35.0 Å². The maximum absolute atomic E-state index is 11.0. The van der Waals surface area contributed by atoms with E-state index in [1.165, 1.54) is 5.56 Å². The zero-order valence-corrected chi connectivity index (χ0v) is 16.1. The van der Waals surface area contributed by atoms with Crippen LogP contribution in [0.5, 0.6) is 5.75 Å². The molecule has 0 aliphatic rings. The number of carbonyl (C=O) groups excluding carboxylic acids is 1. The van der Waals surface area contributed by atoms with Gasteiger partial charge < -0.3 is 14.6 Å². The molecule has 5 heteroatoms. The van der Waals surface area contributed by atoms with Crippen LogP contribution in [0.1, 0.15) is 31.2 Å². The molecule has 0 unspecified atom stereocenters. The van der Waals surface area contributed by atoms with Crippen LogP contribution in [-0.4, -0.2) is 28.6 Å². The summed E-state index contributed by atoms with van der Waals surface area (Å²) in [5.41, 5.74) is 3.41. The predicted molar refractivity (Wildman–Crippen MR) is 108 cm³/mol. The highest BCUT2D eigenvalue weighted by Crippen LogP contribution is 2.18. The average Bonchev–Trinajstić information content (AvgIpc) is 3.01. The number of ether oxygens (including phenoxy) is 1. The van der Waals surface area contributed by atoms with Gasteiger partial charge in [-0.3, -0.25) is 4.79 Å². The molecule has 1 heterocycles. The Morgan fingerprint density at radius 2 is 1.89 bits per heavy atom. The van der Waals surface area contributed by atoms with Crippen molar-refractivity contribution in [2.45, 2.75) is 39.7 Å². The van der Waals surface area contributed by atoms with Gasteiger partial charge in [0.2, 0.25) is 5.91 Å². The minimum Gasteiger partial charge on any atom is -0.494 e. The Morgan fingerprint density at radius 3 is 2.67 bits per heavy atom. The number of benzene rings is 2. The normalized spacial score (nSPS) is 10.9. The summed E-state index contributed by atoms with van der Waals surface area (Å²) >= 11 is 0. The number of hydrogen-bond donors (Lipinski definition) is 1. The minimum absolute atomic E-state index is 0.0109. The van der Waals surface area contributed by atoms with E-state index in [9.17, 15) is 4.79 Å². The van der Waals surface area contributed by atoms with Crippen LogP contribution in [0.2, 0.25) is 0 Å². The van der Waals surface area contributed by atoms with Crippen LogP contribution in [0.15, 0.2) is 48.5 Å². The smallest absolute Gasteiger partial charge is 0.216 e. The first kappa shape index (κ1) is 19.0. The predicted octanol–water partition coefficient (Wildman–Crippen LogP) is 3.88. The van der Waals surface area contributed by atoms with Crippen LogP contribution in [0.4, 0.5) is 0 Å². The zero-order valence-electron chi connectivity index (χ0n) is 16.1. The minimum atomic E-state index is 0.0109. The third-order valence-corrected chi connectivity index (χ3v) is 4.50. The molecule has 2 aromatic carbocycles. The van der Waals surface area contributed by atoms with Crippen molar-refractivity contribution < 1.29 is 9.53 Å². The Balaban J connectivity index is 1.60. The van der Waals surface area contributed by atoms with Gasteiger partial charge in [-0.2, -0.15) is 0 Å². The Bertz CT molecular complexity index is 884. The van der Waals surface area contributed by atoms with Gasteiger partial charge >= 0.3 is 0 Å². The summed E-state index contributed by atoms with van der Waals surface area (Å²) in [4.78, 5) is 15.8. The van der Waals surface area contributed by atoms with Crippen LogP contribution < -0.4 is 10.1 Å². The van der Waals surface area contributed by atoms with Crippen molar-refractivity contribution in [2.24, 2.45) is 0 Å². The molecule has 3 aromatic rings. The SMILES string of the molecule is CC(=O)NCCCc1nc2ccccc2n1CCCOc1ccc(C)cc1. The highest BCUT2D eigenvalue weighted by atomic mass is 16.5. The molecule has 3 rings (SSSR count). The molecule has 1 N–H and O–H groups in total. The van der Waals surface area contributed by atoms with Gasteiger partial charge in [0.15, 0.2) is 0 Å². The van der Waals surface area contributed by atoms with Crippen molar-refractivity contribution in [1.29, 1.82) is 0 Å².